The van der Waals surface area contributed by atoms with Crippen LogP contribution in [0.1, 0.15) is 26.5 Å². The molecule has 1 N–H and O–H groups in total. The molecule has 4 rings (SSSR count). The highest BCUT2D eigenvalue weighted by Gasteiger charge is 2.09. The highest BCUT2D eigenvalue weighted by atomic mass is 32.1. The summed E-state index contributed by atoms with van der Waals surface area (Å²) in [5.74, 6) is 0.270. The number of amides is 1. The fourth-order valence-corrected chi connectivity index (χ4v) is 3.77. The number of carbonyl (C=O) groups is 2. The van der Waals surface area contributed by atoms with Crippen LogP contribution in [-0.2, 0) is 11.3 Å². The van der Waals surface area contributed by atoms with Crippen molar-refractivity contribution >= 4 is 23.0 Å². The lowest BCUT2D eigenvalue weighted by Gasteiger charge is -2.09. The Hall–Kier alpha value is -3.77. The van der Waals surface area contributed by atoms with Gasteiger partial charge in [-0.3, -0.25) is 9.59 Å². The smallest absolute Gasteiger partial charge is 0.258 e. The predicted octanol–water partition coefficient (Wildman–Crippen LogP) is 5.04. The number of rotatable bonds is 8. The standard InChI is InChI=1S/C26H22N2O3S/c1-18-28-24(17-32-18)20-9-7-19(8-10-20)15-27-25(29)16-31-23-13-11-22(12-14-23)26(30)21-5-3-2-4-6-21/h2-14,17H,15-16H2,1H3,(H,27,29). The van der Waals surface area contributed by atoms with Crippen molar-refractivity contribution in [2.75, 3.05) is 6.61 Å². The molecule has 160 valence electrons. The second kappa shape index (κ2) is 10.0. The van der Waals surface area contributed by atoms with E-state index in [1.807, 2.05) is 54.8 Å². The lowest BCUT2D eigenvalue weighted by atomic mass is 10.0. The average molecular weight is 443 g/mol. The van der Waals surface area contributed by atoms with Crippen LogP contribution < -0.4 is 10.1 Å². The van der Waals surface area contributed by atoms with Crippen LogP contribution in [0, 0.1) is 6.92 Å². The van der Waals surface area contributed by atoms with Crippen molar-refractivity contribution in [2.45, 2.75) is 13.5 Å². The number of aromatic nitrogens is 1. The van der Waals surface area contributed by atoms with Crippen LogP contribution in [-0.4, -0.2) is 23.3 Å². The third-order valence-electron chi connectivity index (χ3n) is 4.88. The zero-order valence-corrected chi connectivity index (χ0v) is 18.4. The number of carbonyl (C=O) groups excluding carboxylic acids is 2. The molecule has 4 aromatic rings. The van der Waals surface area contributed by atoms with Crippen molar-refractivity contribution in [2.24, 2.45) is 0 Å². The van der Waals surface area contributed by atoms with Crippen LogP contribution in [0.4, 0.5) is 0 Å². The monoisotopic (exact) mass is 442 g/mol. The molecule has 3 aromatic carbocycles. The van der Waals surface area contributed by atoms with Gasteiger partial charge in [0.15, 0.2) is 12.4 Å². The van der Waals surface area contributed by atoms with E-state index in [4.69, 9.17) is 4.74 Å². The van der Waals surface area contributed by atoms with Gasteiger partial charge in [0.05, 0.1) is 10.7 Å². The minimum atomic E-state index is -0.214. The van der Waals surface area contributed by atoms with Crippen LogP contribution in [0.2, 0.25) is 0 Å². The van der Waals surface area contributed by atoms with Crippen molar-refractivity contribution in [3.8, 4) is 17.0 Å². The molecular weight excluding hydrogens is 420 g/mol. The number of hydrogen-bond donors (Lipinski definition) is 1. The van der Waals surface area contributed by atoms with Crippen molar-refractivity contribution in [3.63, 3.8) is 0 Å². The van der Waals surface area contributed by atoms with Crippen LogP contribution in [0.3, 0.4) is 0 Å². The molecule has 0 spiro atoms. The summed E-state index contributed by atoms with van der Waals surface area (Å²) in [7, 11) is 0. The fourth-order valence-electron chi connectivity index (χ4n) is 3.15. The van der Waals surface area contributed by atoms with E-state index in [0.29, 0.717) is 23.4 Å². The molecule has 32 heavy (non-hydrogen) atoms. The summed E-state index contributed by atoms with van der Waals surface area (Å²) >= 11 is 1.62. The van der Waals surface area contributed by atoms with Gasteiger partial charge in [0, 0.05) is 28.6 Å². The summed E-state index contributed by atoms with van der Waals surface area (Å²) in [5.41, 5.74) is 4.23. The number of thiazole rings is 1. The SMILES string of the molecule is Cc1nc(-c2ccc(CNC(=O)COc3ccc(C(=O)c4ccccc4)cc3)cc2)cs1. The summed E-state index contributed by atoms with van der Waals surface area (Å²) in [6.07, 6.45) is 0. The summed E-state index contributed by atoms with van der Waals surface area (Å²) in [6, 6.07) is 23.9. The summed E-state index contributed by atoms with van der Waals surface area (Å²) in [5, 5.41) is 5.92. The average Bonchev–Trinajstić information content (AvgIpc) is 3.28. The minimum Gasteiger partial charge on any atom is -0.484 e. The van der Waals surface area contributed by atoms with E-state index in [1.165, 1.54) is 0 Å². The first-order valence-electron chi connectivity index (χ1n) is 10.2. The molecular formula is C26H22N2O3S. The van der Waals surface area contributed by atoms with Crippen LogP contribution >= 0.6 is 11.3 Å². The molecule has 0 aliphatic carbocycles. The second-order valence-electron chi connectivity index (χ2n) is 7.23. The second-order valence-corrected chi connectivity index (χ2v) is 8.30. The third-order valence-corrected chi connectivity index (χ3v) is 5.65. The van der Waals surface area contributed by atoms with Gasteiger partial charge >= 0.3 is 0 Å². The molecule has 1 amide bonds. The van der Waals surface area contributed by atoms with Gasteiger partial charge in [0.1, 0.15) is 5.75 Å². The number of ether oxygens (including phenoxy) is 1. The Balaban J connectivity index is 1.25. The molecule has 0 bridgehead atoms. The molecule has 0 aliphatic rings. The molecule has 0 unspecified atom stereocenters. The Kier molecular flexibility index (Phi) is 6.72. The Bertz CT molecular complexity index is 1200. The van der Waals surface area contributed by atoms with Crippen molar-refractivity contribution in [3.05, 3.63) is 106 Å². The van der Waals surface area contributed by atoms with Crippen molar-refractivity contribution in [1.82, 2.24) is 10.3 Å². The first-order chi connectivity index (χ1) is 15.6. The van der Waals surface area contributed by atoms with Crippen molar-refractivity contribution in [1.29, 1.82) is 0 Å². The lowest BCUT2D eigenvalue weighted by molar-refractivity contribution is -0.123. The number of nitrogens with zero attached hydrogens (tertiary/aromatic N) is 1. The molecule has 6 heteroatoms. The van der Waals surface area contributed by atoms with E-state index >= 15 is 0 Å². The number of aryl methyl sites for hydroxylation is 1. The van der Waals surface area contributed by atoms with E-state index in [1.54, 1.807) is 47.7 Å². The molecule has 1 heterocycles. The number of hydrogen-bond acceptors (Lipinski definition) is 5. The molecule has 0 fully saturated rings. The Labute approximate surface area is 190 Å². The van der Waals surface area contributed by atoms with Crippen LogP contribution in [0.15, 0.2) is 84.2 Å². The van der Waals surface area contributed by atoms with Gasteiger partial charge in [0.2, 0.25) is 0 Å². The largest absolute Gasteiger partial charge is 0.484 e. The molecule has 0 atom stereocenters. The summed E-state index contributed by atoms with van der Waals surface area (Å²) in [4.78, 5) is 29.1. The van der Waals surface area contributed by atoms with E-state index in [9.17, 15) is 9.59 Å². The van der Waals surface area contributed by atoms with E-state index in [2.05, 4.69) is 10.3 Å². The Morgan fingerprint density at radius 2 is 1.59 bits per heavy atom. The van der Waals surface area contributed by atoms with E-state index in [-0.39, 0.29) is 18.3 Å². The van der Waals surface area contributed by atoms with Gasteiger partial charge in [-0.25, -0.2) is 4.98 Å². The molecule has 0 saturated carbocycles. The number of nitrogens with one attached hydrogen (secondary N) is 1. The molecule has 1 aromatic heterocycles. The number of ketones is 1. The maximum absolute atomic E-state index is 12.4. The topological polar surface area (TPSA) is 68.3 Å². The zero-order chi connectivity index (χ0) is 22.3. The first-order valence-corrected chi connectivity index (χ1v) is 11.1. The summed E-state index contributed by atoms with van der Waals surface area (Å²) in [6.45, 7) is 2.31. The van der Waals surface area contributed by atoms with Gasteiger partial charge in [0.25, 0.3) is 5.91 Å². The van der Waals surface area contributed by atoms with Gasteiger partial charge in [-0.1, -0.05) is 54.6 Å². The molecule has 5 nitrogen and oxygen atoms in total. The Morgan fingerprint density at radius 3 is 2.25 bits per heavy atom. The fraction of sp³-hybridized carbons (Fsp3) is 0.115. The van der Waals surface area contributed by atoms with Crippen LogP contribution in [0.25, 0.3) is 11.3 Å². The van der Waals surface area contributed by atoms with Gasteiger partial charge in [-0.15, -0.1) is 11.3 Å². The first kappa shape index (κ1) is 21.5. The van der Waals surface area contributed by atoms with Crippen molar-refractivity contribution < 1.29 is 14.3 Å². The van der Waals surface area contributed by atoms with Crippen LogP contribution in [0.5, 0.6) is 5.75 Å². The maximum atomic E-state index is 12.4. The third kappa shape index (κ3) is 5.47. The maximum Gasteiger partial charge on any atom is 0.258 e. The summed E-state index contributed by atoms with van der Waals surface area (Å²) < 4.78 is 5.55. The van der Waals surface area contributed by atoms with E-state index in [0.717, 1.165) is 21.8 Å². The van der Waals surface area contributed by atoms with Gasteiger partial charge in [-0.05, 0) is 36.8 Å². The van der Waals surface area contributed by atoms with Gasteiger partial charge in [-0.2, -0.15) is 0 Å². The molecule has 0 saturated heterocycles. The van der Waals surface area contributed by atoms with E-state index < -0.39 is 0 Å². The van der Waals surface area contributed by atoms with Gasteiger partial charge < -0.3 is 10.1 Å². The highest BCUT2D eigenvalue weighted by molar-refractivity contribution is 7.09. The normalized spacial score (nSPS) is 10.5. The lowest BCUT2D eigenvalue weighted by Crippen LogP contribution is -2.28. The zero-order valence-electron chi connectivity index (χ0n) is 17.6. The molecule has 0 radical (unpaired) electrons. The molecule has 0 aliphatic heterocycles. The Morgan fingerprint density at radius 1 is 0.906 bits per heavy atom. The quantitative estimate of drug-likeness (QED) is 0.388. The number of benzene rings is 3. The highest BCUT2D eigenvalue weighted by Crippen LogP contribution is 2.21. The minimum absolute atomic E-state index is 0.0502. The predicted molar refractivity (Wildman–Crippen MR) is 126 cm³/mol.